The molecule has 0 N–H and O–H groups in total. The lowest BCUT2D eigenvalue weighted by Gasteiger charge is -2.25. The zero-order valence-corrected chi connectivity index (χ0v) is 10.9. The topological polar surface area (TPSA) is 60.9 Å². The third kappa shape index (κ3) is 2.40. The van der Waals surface area contributed by atoms with Gasteiger partial charge in [0.2, 0.25) is 5.91 Å². The van der Waals surface area contributed by atoms with Crippen molar-refractivity contribution in [3.8, 4) is 0 Å². The predicted octanol–water partition coefficient (Wildman–Crippen LogP) is 0.136. The molecule has 1 rings (SSSR count). The zero-order chi connectivity index (χ0) is 13.3. The molecule has 6 nitrogen and oxygen atoms in total. The van der Waals surface area contributed by atoms with Crippen molar-refractivity contribution in [3.05, 3.63) is 0 Å². The van der Waals surface area contributed by atoms with Crippen LogP contribution in [0.15, 0.2) is 0 Å². The van der Waals surface area contributed by atoms with Gasteiger partial charge in [0.25, 0.3) is 5.91 Å². The molecule has 6 heteroatoms. The molecule has 0 bridgehead atoms. The SMILES string of the molecule is CC(C)N1CC(=O)N([C@@H](C)C(=O)N(C)C)C1=O. The Morgan fingerprint density at radius 3 is 2.12 bits per heavy atom. The molecule has 1 atom stereocenters. The summed E-state index contributed by atoms with van der Waals surface area (Å²) in [4.78, 5) is 39.4. The summed E-state index contributed by atoms with van der Waals surface area (Å²) >= 11 is 0. The van der Waals surface area contributed by atoms with Crippen LogP contribution >= 0.6 is 0 Å². The molecule has 1 aliphatic heterocycles. The van der Waals surface area contributed by atoms with E-state index in [2.05, 4.69) is 0 Å². The number of likely N-dealkylation sites (N-methyl/N-ethyl adjacent to an activating group) is 1. The minimum atomic E-state index is -0.742. The third-order valence-corrected chi connectivity index (χ3v) is 2.83. The van der Waals surface area contributed by atoms with Crippen LogP contribution in [0.2, 0.25) is 0 Å². The Kier molecular flexibility index (Phi) is 3.75. The normalized spacial score (nSPS) is 18.0. The largest absolute Gasteiger partial charge is 0.347 e. The zero-order valence-electron chi connectivity index (χ0n) is 10.9. The number of hydrogen-bond acceptors (Lipinski definition) is 3. The molecule has 0 aliphatic carbocycles. The molecule has 1 aliphatic rings. The van der Waals surface area contributed by atoms with E-state index >= 15 is 0 Å². The van der Waals surface area contributed by atoms with Gasteiger partial charge in [-0.1, -0.05) is 0 Å². The average Bonchev–Trinajstić information content (AvgIpc) is 2.52. The van der Waals surface area contributed by atoms with Gasteiger partial charge in [0.05, 0.1) is 0 Å². The second-order valence-corrected chi connectivity index (χ2v) is 4.68. The van der Waals surface area contributed by atoms with Crippen molar-refractivity contribution in [3.63, 3.8) is 0 Å². The van der Waals surface area contributed by atoms with E-state index in [4.69, 9.17) is 0 Å². The summed E-state index contributed by atoms with van der Waals surface area (Å²) in [5, 5.41) is 0. The van der Waals surface area contributed by atoms with Crippen LogP contribution in [0, 0.1) is 0 Å². The monoisotopic (exact) mass is 241 g/mol. The number of rotatable bonds is 3. The lowest BCUT2D eigenvalue weighted by molar-refractivity contribution is -0.138. The van der Waals surface area contributed by atoms with E-state index in [-0.39, 0.29) is 30.4 Å². The van der Waals surface area contributed by atoms with Crippen molar-refractivity contribution < 1.29 is 14.4 Å². The van der Waals surface area contributed by atoms with Crippen LogP contribution in [0.25, 0.3) is 0 Å². The van der Waals surface area contributed by atoms with Crippen LogP contribution < -0.4 is 0 Å². The molecule has 0 aromatic heterocycles. The summed E-state index contributed by atoms with van der Waals surface area (Å²) in [6.07, 6.45) is 0. The van der Waals surface area contributed by atoms with E-state index in [0.717, 1.165) is 4.90 Å². The molecule has 1 fully saturated rings. The minimum absolute atomic E-state index is 0.0434. The highest BCUT2D eigenvalue weighted by atomic mass is 16.2. The molecule has 1 heterocycles. The first-order chi connectivity index (χ1) is 7.77. The molecular weight excluding hydrogens is 222 g/mol. The van der Waals surface area contributed by atoms with Crippen LogP contribution in [0.4, 0.5) is 4.79 Å². The number of urea groups is 1. The van der Waals surface area contributed by atoms with Gasteiger partial charge in [0.1, 0.15) is 12.6 Å². The van der Waals surface area contributed by atoms with Gasteiger partial charge in [-0.25, -0.2) is 4.79 Å². The molecule has 0 unspecified atom stereocenters. The van der Waals surface area contributed by atoms with Crippen molar-refractivity contribution in [2.45, 2.75) is 32.9 Å². The highest BCUT2D eigenvalue weighted by Gasteiger charge is 2.42. The van der Waals surface area contributed by atoms with Crippen molar-refractivity contribution in [2.75, 3.05) is 20.6 Å². The number of imide groups is 1. The van der Waals surface area contributed by atoms with Crippen LogP contribution in [0.5, 0.6) is 0 Å². The van der Waals surface area contributed by atoms with E-state index < -0.39 is 6.04 Å². The first kappa shape index (κ1) is 13.5. The van der Waals surface area contributed by atoms with Crippen LogP contribution in [0.3, 0.4) is 0 Å². The van der Waals surface area contributed by atoms with Gasteiger partial charge < -0.3 is 9.80 Å². The lowest BCUT2D eigenvalue weighted by Crippen LogP contribution is -2.48. The second-order valence-electron chi connectivity index (χ2n) is 4.68. The summed E-state index contributed by atoms with van der Waals surface area (Å²) in [6.45, 7) is 5.31. The fraction of sp³-hybridized carbons (Fsp3) is 0.727. The average molecular weight is 241 g/mol. The van der Waals surface area contributed by atoms with Crippen LogP contribution in [-0.4, -0.2) is 65.3 Å². The molecule has 4 amide bonds. The Morgan fingerprint density at radius 2 is 1.76 bits per heavy atom. The van der Waals surface area contributed by atoms with Crippen LogP contribution in [0.1, 0.15) is 20.8 Å². The molecule has 0 saturated carbocycles. The Balaban J connectivity index is 2.89. The standard InChI is InChI=1S/C11H19N3O3/c1-7(2)13-6-9(15)14(11(13)17)8(3)10(16)12(4)5/h7-8H,6H2,1-5H3/t8-/m0/s1. The van der Waals surface area contributed by atoms with Crippen molar-refractivity contribution in [2.24, 2.45) is 0 Å². The van der Waals surface area contributed by atoms with Gasteiger partial charge in [0.15, 0.2) is 0 Å². The van der Waals surface area contributed by atoms with Crippen molar-refractivity contribution in [1.29, 1.82) is 0 Å². The van der Waals surface area contributed by atoms with E-state index in [1.54, 1.807) is 21.0 Å². The van der Waals surface area contributed by atoms with Crippen molar-refractivity contribution in [1.82, 2.24) is 14.7 Å². The minimum Gasteiger partial charge on any atom is -0.347 e. The van der Waals surface area contributed by atoms with Gasteiger partial charge in [-0.3, -0.25) is 14.5 Å². The van der Waals surface area contributed by atoms with E-state index in [0.29, 0.717) is 0 Å². The summed E-state index contributed by atoms with van der Waals surface area (Å²) < 4.78 is 0. The Hall–Kier alpha value is -1.59. The lowest BCUT2D eigenvalue weighted by atomic mass is 10.2. The maximum absolute atomic E-state index is 12.0. The number of hydrogen-bond donors (Lipinski definition) is 0. The molecule has 0 spiro atoms. The Bertz CT molecular complexity index is 352. The maximum atomic E-state index is 12.0. The molecule has 17 heavy (non-hydrogen) atoms. The van der Waals surface area contributed by atoms with E-state index in [9.17, 15) is 14.4 Å². The maximum Gasteiger partial charge on any atom is 0.328 e. The summed E-state index contributed by atoms with van der Waals surface area (Å²) in [7, 11) is 3.20. The van der Waals surface area contributed by atoms with Gasteiger partial charge in [-0.05, 0) is 20.8 Å². The number of carbonyl (C=O) groups is 3. The molecule has 0 aromatic rings. The predicted molar refractivity (Wildman–Crippen MR) is 62.2 cm³/mol. The number of amides is 4. The van der Waals surface area contributed by atoms with Gasteiger partial charge in [0, 0.05) is 20.1 Å². The van der Waals surface area contributed by atoms with Crippen molar-refractivity contribution >= 4 is 17.8 Å². The van der Waals surface area contributed by atoms with Gasteiger partial charge in [-0.2, -0.15) is 0 Å². The highest BCUT2D eigenvalue weighted by Crippen LogP contribution is 2.17. The fourth-order valence-corrected chi connectivity index (χ4v) is 1.80. The van der Waals surface area contributed by atoms with E-state index in [1.807, 2.05) is 13.8 Å². The quantitative estimate of drug-likeness (QED) is 0.660. The molecule has 0 radical (unpaired) electrons. The molecule has 1 saturated heterocycles. The first-order valence-electron chi connectivity index (χ1n) is 5.61. The van der Waals surface area contributed by atoms with Gasteiger partial charge >= 0.3 is 6.03 Å². The first-order valence-corrected chi connectivity index (χ1v) is 5.61. The Morgan fingerprint density at radius 1 is 1.24 bits per heavy atom. The smallest absolute Gasteiger partial charge is 0.328 e. The van der Waals surface area contributed by atoms with Gasteiger partial charge in [-0.15, -0.1) is 0 Å². The number of carbonyl (C=O) groups excluding carboxylic acids is 3. The molecule has 0 aromatic carbocycles. The summed E-state index contributed by atoms with van der Waals surface area (Å²) in [6, 6.07) is -1.17. The molecule has 96 valence electrons. The Labute approximate surface area is 101 Å². The number of nitrogens with zero attached hydrogens (tertiary/aromatic N) is 3. The third-order valence-electron chi connectivity index (χ3n) is 2.83. The summed E-state index contributed by atoms with van der Waals surface area (Å²) in [5.74, 6) is -0.566. The van der Waals surface area contributed by atoms with E-state index in [1.165, 1.54) is 9.80 Å². The highest BCUT2D eigenvalue weighted by molar-refractivity contribution is 6.05. The van der Waals surface area contributed by atoms with Crippen LogP contribution in [-0.2, 0) is 9.59 Å². The second kappa shape index (κ2) is 4.73. The summed E-state index contributed by atoms with van der Waals surface area (Å²) in [5.41, 5.74) is 0. The molecular formula is C11H19N3O3. The fourth-order valence-electron chi connectivity index (χ4n) is 1.80.